The predicted molar refractivity (Wildman–Crippen MR) is 93.5 cm³/mol. The molecule has 2 amide bonds. The van der Waals surface area contributed by atoms with Gasteiger partial charge >= 0.3 is 12.0 Å². The van der Waals surface area contributed by atoms with Gasteiger partial charge in [0.25, 0.3) is 0 Å². The summed E-state index contributed by atoms with van der Waals surface area (Å²) >= 11 is 0. The molecule has 0 radical (unpaired) electrons. The van der Waals surface area contributed by atoms with Crippen molar-refractivity contribution in [2.45, 2.75) is 51.6 Å². The Bertz CT molecular complexity index is 499. The number of unbranched alkanes of at least 4 members (excludes halogenated alkanes) is 3. The monoisotopic (exact) mass is 332 g/mol. The Morgan fingerprint density at radius 1 is 1.00 bits per heavy atom. The number of carbonyl (C=O) groups is 2. The largest absolute Gasteiger partial charge is 0.461 e. The molecule has 5 heteroatoms. The van der Waals surface area contributed by atoms with Gasteiger partial charge in [-0.25, -0.2) is 4.79 Å². The van der Waals surface area contributed by atoms with Crippen LogP contribution in [0.15, 0.2) is 30.3 Å². The Labute approximate surface area is 144 Å². The van der Waals surface area contributed by atoms with E-state index in [4.69, 9.17) is 4.74 Å². The van der Waals surface area contributed by atoms with E-state index in [9.17, 15) is 9.59 Å². The van der Waals surface area contributed by atoms with Crippen molar-refractivity contribution in [2.75, 3.05) is 19.6 Å². The van der Waals surface area contributed by atoms with E-state index in [0.717, 1.165) is 57.2 Å². The molecule has 0 aliphatic carbocycles. The highest BCUT2D eigenvalue weighted by atomic mass is 16.5. The molecule has 1 heterocycles. The van der Waals surface area contributed by atoms with Crippen molar-refractivity contribution in [2.24, 2.45) is 0 Å². The fraction of sp³-hybridized carbons (Fsp3) is 0.579. The average molecular weight is 332 g/mol. The molecule has 2 rings (SSSR count). The number of hydrogen-bond donors (Lipinski definition) is 1. The molecule has 0 saturated carbocycles. The van der Waals surface area contributed by atoms with Crippen molar-refractivity contribution < 1.29 is 14.3 Å². The molecule has 0 spiro atoms. The minimum atomic E-state index is -0.138. The molecule has 132 valence electrons. The maximum atomic E-state index is 11.8. The van der Waals surface area contributed by atoms with Crippen LogP contribution in [-0.4, -0.2) is 36.5 Å². The van der Waals surface area contributed by atoms with Crippen LogP contribution in [0.3, 0.4) is 0 Å². The number of ether oxygens (including phenoxy) is 1. The molecule has 1 aromatic carbocycles. The first-order valence-electron chi connectivity index (χ1n) is 8.98. The van der Waals surface area contributed by atoms with Crippen LogP contribution in [0.5, 0.6) is 0 Å². The van der Waals surface area contributed by atoms with E-state index in [1.54, 1.807) is 0 Å². The third kappa shape index (κ3) is 7.02. The Hall–Kier alpha value is -2.04. The lowest BCUT2D eigenvalue weighted by molar-refractivity contribution is -0.145. The number of likely N-dealkylation sites (tertiary alicyclic amines) is 1. The van der Waals surface area contributed by atoms with E-state index >= 15 is 0 Å². The lowest BCUT2D eigenvalue weighted by atomic mass is 10.1. The van der Waals surface area contributed by atoms with Crippen molar-refractivity contribution >= 4 is 12.0 Å². The Kier molecular flexibility index (Phi) is 8.15. The second kappa shape index (κ2) is 10.7. The number of hydrogen-bond acceptors (Lipinski definition) is 3. The Morgan fingerprint density at radius 3 is 2.46 bits per heavy atom. The SMILES string of the molecule is O=C(CCCCCCNC(=O)N1CCCC1)OCc1ccccc1. The standard InChI is InChI=1S/C19H28N2O3/c22-18(24-16-17-10-4-3-5-11-17)12-6-1-2-7-13-20-19(23)21-14-8-9-15-21/h3-5,10-11H,1-2,6-9,12-16H2,(H,20,23). The van der Waals surface area contributed by atoms with Crippen molar-refractivity contribution in [3.63, 3.8) is 0 Å². The van der Waals surface area contributed by atoms with Gasteiger partial charge in [0.05, 0.1) is 0 Å². The van der Waals surface area contributed by atoms with Gasteiger partial charge in [0, 0.05) is 26.1 Å². The summed E-state index contributed by atoms with van der Waals surface area (Å²) in [6.45, 7) is 2.84. The summed E-state index contributed by atoms with van der Waals surface area (Å²) in [5, 5.41) is 2.96. The summed E-state index contributed by atoms with van der Waals surface area (Å²) in [5.74, 6) is -0.138. The average Bonchev–Trinajstić information content (AvgIpc) is 3.14. The predicted octanol–water partition coefficient (Wildman–Crippen LogP) is 3.49. The van der Waals surface area contributed by atoms with E-state index in [1.165, 1.54) is 0 Å². The smallest absolute Gasteiger partial charge is 0.317 e. The highest BCUT2D eigenvalue weighted by Gasteiger charge is 2.16. The van der Waals surface area contributed by atoms with Gasteiger partial charge in [-0.2, -0.15) is 0 Å². The minimum absolute atomic E-state index is 0.0667. The highest BCUT2D eigenvalue weighted by Crippen LogP contribution is 2.08. The Balaban J connectivity index is 1.42. The van der Waals surface area contributed by atoms with Gasteiger partial charge in [-0.1, -0.05) is 43.2 Å². The summed E-state index contributed by atoms with van der Waals surface area (Å²) in [6, 6.07) is 9.78. The quantitative estimate of drug-likeness (QED) is 0.556. The van der Waals surface area contributed by atoms with Crippen LogP contribution in [0.4, 0.5) is 4.79 Å². The fourth-order valence-electron chi connectivity index (χ4n) is 2.79. The van der Waals surface area contributed by atoms with Gasteiger partial charge in [-0.15, -0.1) is 0 Å². The molecule has 0 aromatic heterocycles. The van der Waals surface area contributed by atoms with Gasteiger partial charge in [0.2, 0.25) is 0 Å². The highest BCUT2D eigenvalue weighted by molar-refractivity contribution is 5.74. The number of esters is 1. The number of urea groups is 1. The summed E-state index contributed by atoms with van der Waals surface area (Å²) in [6.07, 6.45) is 6.51. The maximum Gasteiger partial charge on any atom is 0.317 e. The zero-order valence-corrected chi connectivity index (χ0v) is 14.3. The Morgan fingerprint density at radius 2 is 1.71 bits per heavy atom. The lowest BCUT2D eigenvalue weighted by Crippen LogP contribution is -2.38. The lowest BCUT2D eigenvalue weighted by Gasteiger charge is -2.15. The van der Waals surface area contributed by atoms with E-state index in [2.05, 4.69) is 5.32 Å². The van der Waals surface area contributed by atoms with Crippen molar-refractivity contribution in [3.8, 4) is 0 Å². The van der Waals surface area contributed by atoms with Crippen LogP contribution in [0.1, 0.15) is 50.5 Å². The normalized spacial score (nSPS) is 13.8. The molecule has 0 unspecified atom stereocenters. The van der Waals surface area contributed by atoms with Crippen LogP contribution in [0, 0.1) is 0 Å². The zero-order chi connectivity index (χ0) is 17.0. The van der Waals surface area contributed by atoms with E-state index < -0.39 is 0 Å². The van der Waals surface area contributed by atoms with Gasteiger partial charge in [0.1, 0.15) is 6.61 Å². The summed E-state index contributed by atoms with van der Waals surface area (Å²) in [4.78, 5) is 25.3. The van der Waals surface area contributed by atoms with Crippen LogP contribution >= 0.6 is 0 Å². The van der Waals surface area contributed by atoms with Gasteiger partial charge in [-0.3, -0.25) is 4.79 Å². The molecule has 1 saturated heterocycles. The number of carbonyl (C=O) groups excluding carboxylic acids is 2. The number of amides is 2. The van der Waals surface area contributed by atoms with Crippen molar-refractivity contribution in [1.29, 1.82) is 0 Å². The molecular weight excluding hydrogens is 304 g/mol. The van der Waals surface area contributed by atoms with E-state index in [0.29, 0.717) is 19.6 Å². The van der Waals surface area contributed by atoms with Crippen molar-refractivity contribution in [3.05, 3.63) is 35.9 Å². The third-order valence-electron chi connectivity index (χ3n) is 4.22. The first-order chi connectivity index (χ1) is 11.8. The molecule has 5 nitrogen and oxygen atoms in total. The zero-order valence-electron chi connectivity index (χ0n) is 14.3. The van der Waals surface area contributed by atoms with E-state index in [-0.39, 0.29) is 12.0 Å². The van der Waals surface area contributed by atoms with Crippen LogP contribution in [-0.2, 0) is 16.1 Å². The number of nitrogens with one attached hydrogen (secondary N) is 1. The van der Waals surface area contributed by atoms with Gasteiger partial charge < -0.3 is 15.0 Å². The number of rotatable bonds is 9. The first-order valence-corrected chi connectivity index (χ1v) is 8.98. The van der Waals surface area contributed by atoms with E-state index in [1.807, 2.05) is 35.2 Å². The first kappa shape index (κ1) is 18.3. The van der Waals surface area contributed by atoms with Crippen LogP contribution in [0.2, 0.25) is 0 Å². The topological polar surface area (TPSA) is 58.6 Å². The van der Waals surface area contributed by atoms with Crippen LogP contribution < -0.4 is 5.32 Å². The second-order valence-electron chi connectivity index (χ2n) is 6.24. The maximum absolute atomic E-state index is 11.8. The molecule has 0 bridgehead atoms. The van der Waals surface area contributed by atoms with Crippen molar-refractivity contribution in [1.82, 2.24) is 10.2 Å². The summed E-state index contributed by atoms with van der Waals surface area (Å²) in [7, 11) is 0. The third-order valence-corrected chi connectivity index (χ3v) is 4.22. The summed E-state index contributed by atoms with van der Waals surface area (Å²) in [5.41, 5.74) is 1.01. The molecular formula is C19H28N2O3. The minimum Gasteiger partial charge on any atom is -0.461 e. The molecule has 1 aliphatic rings. The molecule has 24 heavy (non-hydrogen) atoms. The molecule has 1 aliphatic heterocycles. The summed E-state index contributed by atoms with van der Waals surface area (Å²) < 4.78 is 5.24. The number of nitrogens with zero attached hydrogens (tertiary/aromatic N) is 1. The second-order valence-corrected chi connectivity index (χ2v) is 6.24. The number of benzene rings is 1. The van der Waals surface area contributed by atoms with Gasteiger partial charge in [0.15, 0.2) is 0 Å². The molecule has 0 atom stereocenters. The van der Waals surface area contributed by atoms with Crippen LogP contribution in [0.25, 0.3) is 0 Å². The molecule has 1 fully saturated rings. The fourth-order valence-corrected chi connectivity index (χ4v) is 2.79. The van der Waals surface area contributed by atoms with Gasteiger partial charge in [-0.05, 0) is 31.2 Å². The molecule has 1 N–H and O–H groups in total. The molecule has 1 aromatic rings.